The van der Waals surface area contributed by atoms with Gasteiger partial charge in [0.1, 0.15) is 5.82 Å². The van der Waals surface area contributed by atoms with Crippen LogP contribution in [0.2, 0.25) is 0 Å². The minimum Gasteiger partial charge on any atom is -0.329 e. The lowest BCUT2D eigenvalue weighted by molar-refractivity contribution is 0.0433. The van der Waals surface area contributed by atoms with Gasteiger partial charge >= 0.3 is 0 Å². The highest BCUT2D eigenvalue weighted by Crippen LogP contribution is 2.26. The average Bonchev–Trinajstić information content (AvgIpc) is 2.43. The summed E-state index contributed by atoms with van der Waals surface area (Å²) in [7, 11) is 0. The molecule has 1 fully saturated rings. The largest absolute Gasteiger partial charge is 0.329 e. The first kappa shape index (κ1) is 16.9. The molecule has 0 bridgehead atoms. The Hall–Kier alpha value is -0.490. The van der Waals surface area contributed by atoms with Crippen molar-refractivity contribution in [2.45, 2.75) is 32.4 Å². The van der Waals surface area contributed by atoms with Crippen molar-refractivity contribution in [2.75, 3.05) is 32.7 Å². The molecule has 0 amide bonds. The Labute approximate surface area is 135 Å². The van der Waals surface area contributed by atoms with Crippen LogP contribution in [0.4, 0.5) is 4.39 Å². The maximum absolute atomic E-state index is 13.7. The molecular weight excluding hydrogens is 333 g/mol. The van der Waals surface area contributed by atoms with E-state index >= 15 is 0 Å². The lowest BCUT2D eigenvalue weighted by atomic mass is 10.0. The van der Waals surface area contributed by atoms with Gasteiger partial charge in [-0.2, -0.15) is 0 Å². The van der Waals surface area contributed by atoms with E-state index in [2.05, 4.69) is 46.5 Å². The fourth-order valence-electron chi connectivity index (χ4n) is 2.92. The quantitative estimate of drug-likeness (QED) is 0.902. The van der Waals surface area contributed by atoms with Crippen molar-refractivity contribution in [3.63, 3.8) is 0 Å². The van der Waals surface area contributed by atoms with E-state index in [1.807, 2.05) is 6.07 Å². The van der Waals surface area contributed by atoms with Gasteiger partial charge in [0.2, 0.25) is 0 Å². The number of piperazine rings is 1. The van der Waals surface area contributed by atoms with E-state index < -0.39 is 0 Å². The monoisotopic (exact) mass is 357 g/mol. The van der Waals surface area contributed by atoms with Gasteiger partial charge in [0.15, 0.2) is 0 Å². The van der Waals surface area contributed by atoms with Crippen LogP contribution in [0.25, 0.3) is 0 Å². The van der Waals surface area contributed by atoms with Crippen molar-refractivity contribution in [1.29, 1.82) is 0 Å². The fourth-order valence-corrected chi connectivity index (χ4v) is 3.17. The third-order valence-corrected chi connectivity index (χ3v) is 4.90. The van der Waals surface area contributed by atoms with E-state index in [9.17, 15) is 4.39 Å². The smallest absolute Gasteiger partial charge is 0.137 e. The van der Waals surface area contributed by atoms with Crippen molar-refractivity contribution in [1.82, 2.24) is 9.80 Å². The molecule has 5 heteroatoms. The number of rotatable bonds is 3. The van der Waals surface area contributed by atoms with Gasteiger partial charge in [-0.25, -0.2) is 4.39 Å². The van der Waals surface area contributed by atoms with Crippen LogP contribution >= 0.6 is 15.9 Å². The van der Waals surface area contributed by atoms with Crippen LogP contribution in [0.5, 0.6) is 0 Å². The van der Waals surface area contributed by atoms with E-state index in [0.717, 1.165) is 31.7 Å². The molecule has 0 radical (unpaired) electrons. The molecule has 1 unspecified atom stereocenters. The topological polar surface area (TPSA) is 32.5 Å². The Morgan fingerprint density at radius 3 is 2.33 bits per heavy atom. The first-order valence-corrected chi connectivity index (χ1v) is 8.26. The van der Waals surface area contributed by atoms with Crippen LogP contribution in [0.3, 0.4) is 0 Å². The molecule has 1 saturated heterocycles. The molecule has 1 heterocycles. The van der Waals surface area contributed by atoms with Gasteiger partial charge in [0.25, 0.3) is 0 Å². The Bertz CT molecular complexity index is 479. The summed E-state index contributed by atoms with van der Waals surface area (Å²) < 4.78 is 14.2. The summed E-state index contributed by atoms with van der Waals surface area (Å²) in [4.78, 5) is 4.85. The third-order valence-electron chi connectivity index (χ3n) is 4.26. The van der Waals surface area contributed by atoms with Crippen molar-refractivity contribution >= 4 is 15.9 Å². The van der Waals surface area contributed by atoms with Gasteiger partial charge < -0.3 is 5.73 Å². The van der Waals surface area contributed by atoms with E-state index in [0.29, 0.717) is 11.0 Å². The fraction of sp³-hybridized carbons (Fsp3) is 0.625. The summed E-state index contributed by atoms with van der Waals surface area (Å²) in [5.74, 6) is -0.223. The van der Waals surface area contributed by atoms with Gasteiger partial charge in [-0.3, -0.25) is 9.80 Å². The third kappa shape index (κ3) is 4.03. The Morgan fingerprint density at radius 1 is 1.24 bits per heavy atom. The minimum absolute atomic E-state index is 0.0923. The molecule has 118 valence electrons. The predicted molar refractivity (Wildman–Crippen MR) is 88.8 cm³/mol. The van der Waals surface area contributed by atoms with Crippen LogP contribution in [0, 0.1) is 5.82 Å². The summed E-state index contributed by atoms with van der Waals surface area (Å²) in [6.45, 7) is 11.2. The molecule has 0 spiro atoms. The highest BCUT2D eigenvalue weighted by Gasteiger charge is 2.29. The highest BCUT2D eigenvalue weighted by atomic mass is 79.9. The molecule has 21 heavy (non-hydrogen) atoms. The molecule has 1 atom stereocenters. The highest BCUT2D eigenvalue weighted by molar-refractivity contribution is 9.10. The van der Waals surface area contributed by atoms with Gasteiger partial charge in [0, 0.05) is 44.3 Å². The molecule has 0 aromatic heterocycles. The summed E-state index contributed by atoms with van der Waals surface area (Å²) in [5.41, 5.74) is 7.12. The van der Waals surface area contributed by atoms with Crippen molar-refractivity contribution in [3.8, 4) is 0 Å². The maximum atomic E-state index is 13.7. The SMILES string of the molecule is CC(C)(C)N1CCN(C(CN)c2ccc(Br)c(F)c2)CC1. The number of halogens is 2. The first-order valence-electron chi connectivity index (χ1n) is 7.47. The van der Waals surface area contributed by atoms with Gasteiger partial charge in [-0.1, -0.05) is 6.07 Å². The lowest BCUT2D eigenvalue weighted by Gasteiger charge is -2.44. The van der Waals surface area contributed by atoms with E-state index in [4.69, 9.17) is 5.73 Å². The van der Waals surface area contributed by atoms with Crippen molar-refractivity contribution in [3.05, 3.63) is 34.1 Å². The normalized spacial score (nSPS) is 19.7. The zero-order valence-electron chi connectivity index (χ0n) is 13.1. The van der Waals surface area contributed by atoms with Gasteiger partial charge in [-0.15, -0.1) is 0 Å². The zero-order chi connectivity index (χ0) is 15.6. The minimum atomic E-state index is -0.223. The molecule has 2 rings (SSSR count). The molecule has 3 nitrogen and oxygen atoms in total. The van der Waals surface area contributed by atoms with Crippen molar-refractivity contribution < 1.29 is 4.39 Å². The first-order chi connectivity index (χ1) is 9.82. The number of hydrogen-bond acceptors (Lipinski definition) is 3. The maximum Gasteiger partial charge on any atom is 0.137 e. The van der Waals surface area contributed by atoms with E-state index in [-0.39, 0.29) is 17.4 Å². The summed E-state index contributed by atoms with van der Waals surface area (Å²) >= 11 is 3.20. The molecule has 1 aromatic carbocycles. The Kier molecular flexibility index (Phi) is 5.41. The molecule has 1 aliphatic heterocycles. The summed E-state index contributed by atoms with van der Waals surface area (Å²) in [6.07, 6.45) is 0. The predicted octanol–water partition coefficient (Wildman–Crippen LogP) is 3.00. The summed E-state index contributed by atoms with van der Waals surface area (Å²) in [6, 6.07) is 5.41. The second-order valence-corrected chi connectivity index (χ2v) is 7.47. The van der Waals surface area contributed by atoms with Gasteiger partial charge in [0.05, 0.1) is 4.47 Å². The molecular formula is C16H25BrFN3. The summed E-state index contributed by atoms with van der Waals surface area (Å²) in [5, 5.41) is 0. The number of benzene rings is 1. The van der Waals surface area contributed by atoms with E-state index in [1.54, 1.807) is 12.1 Å². The molecule has 1 aromatic rings. The van der Waals surface area contributed by atoms with E-state index in [1.165, 1.54) is 0 Å². The van der Waals surface area contributed by atoms with Crippen LogP contribution < -0.4 is 5.73 Å². The average molecular weight is 358 g/mol. The Balaban J connectivity index is 2.07. The molecule has 0 aliphatic carbocycles. The molecule has 1 aliphatic rings. The second kappa shape index (κ2) is 6.73. The van der Waals surface area contributed by atoms with Crippen LogP contribution in [0.1, 0.15) is 32.4 Å². The molecule has 2 N–H and O–H groups in total. The van der Waals surface area contributed by atoms with Crippen LogP contribution in [-0.2, 0) is 0 Å². The Morgan fingerprint density at radius 2 is 1.86 bits per heavy atom. The number of nitrogens with two attached hydrogens (primary N) is 1. The van der Waals surface area contributed by atoms with Crippen molar-refractivity contribution in [2.24, 2.45) is 5.73 Å². The zero-order valence-corrected chi connectivity index (χ0v) is 14.7. The molecule has 0 saturated carbocycles. The van der Waals surface area contributed by atoms with Gasteiger partial charge in [-0.05, 0) is 54.4 Å². The van der Waals surface area contributed by atoms with Crippen LogP contribution in [-0.4, -0.2) is 48.1 Å². The standard InChI is InChI=1S/C16H25BrFN3/c1-16(2,3)21-8-6-20(7-9-21)15(11-19)12-4-5-13(17)14(18)10-12/h4-5,10,15H,6-9,11,19H2,1-3H3. The van der Waals surface area contributed by atoms with Crippen LogP contribution in [0.15, 0.2) is 22.7 Å². The lowest BCUT2D eigenvalue weighted by Crippen LogP contribution is -2.54. The number of hydrogen-bond donors (Lipinski definition) is 1. The second-order valence-electron chi connectivity index (χ2n) is 6.62. The number of nitrogens with zero attached hydrogens (tertiary/aromatic N) is 2.